The van der Waals surface area contributed by atoms with Gasteiger partial charge in [0.2, 0.25) is 5.91 Å². The SMILES string of the molecule is CCC[C@@H]1C(C)=CC(=O)[C@H]2[C@H]1CCC1=CN(Cc3ccccc3Cl)C(=O)CC[C@@]12C. The number of benzene rings is 1. The minimum Gasteiger partial charge on any atom is -0.315 e. The highest BCUT2D eigenvalue weighted by molar-refractivity contribution is 6.31. The second-order valence-corrected chi connectivity index (χ2v) is 9.96. The molecule has 1 aliphatic heterocycles. The van der Waals surface area contributed by atoms with Crippen LogP contribution in [0, 0.1) is 23.2 Å². The van der Waals surface area contributed by atoms with Crippen LogP contribution in [-0.4, -0.2) is 16.6 Å². The molecule has 0 radical (unpaired) electrons. The van der Waals surface area contributed by atoms with E-state index >= 15 is 0 Å². The van der Waals surface area contributed by atoms with Gasteiger partial charge in [0.25, 0.3) is 0 Å². The van der Waals surface area contributed by atoms with Gasteiger partial charge in [0.15, 0.2) is 5.78 Å². The molecule has 1 aromatic carbocycles. The van der Waals surface area contributed by atoms with Crippen molar-refractivity contribution >= 4 is 23.3 Å². The highest BCUT2D eigenvalue weighted by atomic mass is 35.5. The molecule has 0 spiro atoms. The first-order valence-electron chi connectivity index (χ1n) is 11.3. The Balaban J connectivity index is 1.69. The Bertz CT molecular complexity index is 917. The maximum Gasteiger partial charge on any atom is 0.226 e. The Labute approximate surface area is 185 Å². The lowest BCUT2D eigenvalue weighted by atomic mass is 9.52. The Morgan fingerprint density at radius 1 is 1.20 bits per heavy atom. The molecule has 3 nitrogen and oxygen atoms in total. The van der Waals surface area contributed by atoms with Gasteiger partial charge in [0, 0.05) is 29.0 Å². The fourth-order valence-corrected chi connectivity index (χ4v) is 6.35. The van der Waals surface area contributed by atoms with Gasteiger partial charge in [0.1, 0.15) is 0 Å². The monoisotopic (exact) mass is 425 g/mol. The predicted octanol–water partition coefficient (Wildman–Crippen LogP) is 6.32. The summed E-state index contributed by atoms with van der Waals surface area (Å²) in [6.45, 7) is 7.07. The zero-order chi connectivity index (χ0) is 21.5. The van der Waals surface area contributed by atoms with Crippen LogP contribution in [0.5, 0.6) is 0 Å². The summed E-state index contributed by atoms with van der Waals surface area (Å²) in [5.41, 5.74) is 3.23. The molecule has 1 fully saturated rings. The van der Waals surface area contributed by atoms with Gasteiger partial charge < -0.3 is 4.90 Å². The molecule has 3 aliphatic rings. The number of hydrogen-bond donors (Lipinski definition) is 0. The lowest BCUT2D eigenvalue weighted by Crippen LogP contribution is -2.48. The molecule has 0 unspecified atom stereocenters. The van der Waals surface area contributed by atoms with E-state index in [0.717, 1.165) is 37.7 Å². The first kappa shape index (κ1) is 21.4. The van der Waals surface area contributed by atoms with Crippen molar-refractivity contribution in [3.63, 3.8) is 0 Å². The molecule has 0 N–H and O–H groups in total. The lowest BCUT2D eigenvalue weighted by molar-refractivity contribution is -0.131. The van der Waals surface area contributed by atoms with Crippen molar-refractivity contribution in [3.8, 4) is 0 Å². The van der Waals surface area contributed by atoms with Crippen molar-refractivity contribution < 1.29 is 9.59 Å². The largest absolute Gasteiger partial charge is 0.315 e. The molecule has 4 atom stereocenters. The lowest BCUT2D eigenvalue weighted by Gasteiger charge is -2.51. The second-order valence-electron chi connectivity index (χ2n) is 9.55. The third-order valence-electron chi connectivity index (χ3n) is 7.76. The Morgan fingerprint density at radius 3 is 2.70 bits per heavy atom. The molecule has 1 amide bonds. The number of carbonyl (C=O) groups is 2. The van der Waals surface area contributed by atoms with Crippen LogP contribution in [0.1, 0.15) is 64.9 Å². The molecule has 0 bridgehead atoms. The minimum absolute atomic E-state index is 0.00851. The summed E-state index contributed by atoms with van der Waals surface area (Å²) in [5.74, 6) is 1.27. The van der Waals surface area contributed by atoms with Gasteiger partial charge in [-0.3, -0.25) is 9.59 Å². The number of amides is 1. The number of halogens is 1. The number of ketones is 1. The van der Waals surface area contributed by atoms with E-state index in [1.165, 1.54) is 11.1 Å². The summed E-state index contributed by atoms with van der Waals surface area (Å²) in [6.07, 6.45) is 9.45. The predicted molar refractivity (Wildman–Crippen MR) is 121 cm³/mol. The Hall–Kier alpha value is -1.87. The van der Waals surface area contributed by atoms with E-state index in [1.54, 1.807) is 0 Å². The number of allylic oxidation sites excluding steroid dienone is 3. The van der Waals surface area contributed by atoms with Crippen molar-refractivity contribution in [1.82, 2.24) is 4.90 Å². The van der Waals surface area contributed by atoms with E-state index in [-0.39, 0.29) is 23.0 Å². The minimum atomic E-state index is -0.242. The molecule has 1 heterocycles. The topological polar surface area (TPSA) is 37.4 Å². The maximum atomic E-state index is 13.2. The van der Waals surface area contributed by atoms with Crippen LogP contribution in [0.2, 0.25) is 5.02 Å². The van der Waals surface area contributed by atoms with E-state index in [0.29, 0.717) is 29.8 Å². The molecule has 0 aromatic heterocycles. The summed E-state index contributed by atoms with van der Waals surface area (Å²) in [5, 5.41) is 0.685. The Morgan fingerprint density at radius 2 is 1.97 bits per heavy atom. The summed E-state index contributed by atoms with van der Waals surface area (Å²) in [7, 11) is 0. The average Bonchev–Trinajstić information content (AvgIpc) is 2.83. The molecular weight excluding hydrogens is 394 g/mol. The van der Waals surface area contributed by atoms with Gasteiger partial charge in [-0.2, -0.15) is 0 Å². The quantitative estimate of drug-likeness (QED) is 0.565. The Kier molecular flexibility index (Phi) is 5.94. The van der Waals surface area contributed by atoms with E-state index < -0.39 is 0 Å². The van der Waals surface area contributed by atoms with Crippen LogP contribution >= 0.6 is 11.6 Å². The fraction of sp³-hybridized carbons (Fsp3) is 0.538. The number of hydrogen-bond acceptors (Lipinski definition) is 2. The van der Waals surface area contributed by atoms with E-state index in [2.05, 4.69) is 27.0 Å². The maximum absolute atomic E-state index is 13.2. The molecule has 0 saturated heterocycles. The van der Waals surface area contributed by atoms with E-state index in [1.807, 2.05) is 35.2 Å². The van der Waals surface area contributed by atoms with Crippen molar-refractivity contribution in [1.29, 1.82) is 0 Å². The summed E-state index contributed by atoms with van der Waals surface area (Å²) in [4.78, 5) is 28.1. The second kappa shape index (κ2) is 8.34. The smallest absolute Gasteiger partial charge is 0.226 e. The molecular formula is C26H32ClNO2. The van der Waals surface area contributed by atoms with Crippen LogP contribution in [0.25, 0.3) is 0 Å². The van der Waals surface area contributed by atoms with Crippen LogP contribution in [0.15, 0.2) is 47.7 Å². The first-order valence-corrected chi connectivity index (χ1v) is 11.7. The standard InChI is InChI=1S/C26H32ClNO2/c1-4-7-20-17(2)14-23(29)25-21(20)11-10-19-16-28(24(30)12-13-26(19,25)3)15-18-8-5-6-9-22(18)27/h5-6,8-9,14,16,20-21,25H,4,7,10-13,15H2,1-3H3/t20-,21+,25-,26+/m1/s1. The zero-order valence-corrected chi connectivity index (χ0v) is 19.0. The van der Waals surface area contributed by atoms with Crippen LogP contribution < -0.4 is 0 Å². The number of fused-ring (bicyclic) bond motifs is 3. The summed E-state index contributed by atoms with van der Waals surface area (Å²) >= 11 is 6.36. The third-order valence-corrected chi connectivity index (χ3v) is 8.13. The van der Waals surface area contributed by atoms with Gasteiger partial charge in [-0.25, -0.2) is 0 Å². The fourth-order valence-electron chi connectivity index (χ4n) is 6.16. The molecule has 4 rings (SSSR count). The van der Waals surface area contributed by atoms with Crippen molar-refractivity contribution in [2.24, 2.45) is 23.2 Å². The van der Waals surface area contributed by atoms with E-state index in [4.69, 9.17) is 11.6 Å². The van der Waals surface area contributed by atoms with Gasteiger partial charge in [-0.05, 0) is 67.7 Å². The summed E-state index contributed by atoms with van der Waals surface area (Å²) < 4.78 is 0. The average molecular weight is 426 g/mol. The van der Waals surface area contributed by atoms with Gasteiger partial charge in [-0.1, -0.05) is 55.6 Å². The summed E-state index contributed by atoms with van der Waals surface area (Å²) in [6, 6.07) is 7.70. The number of rotatable bonds is 4. The van der Waals surface area contributed by atoms with Crippen molar-refractivity contribution in [2.75, 3.05) is 0 Å². The highest BCUT2D eigenvalue weighted by Crippen LogP contribution is 2.57. The molecule has 2 aliphatic carbocycles. The van der Waals surface area contributed by atoms with Crippen LogP contribution in [0.3, 0.4) is 0 Å². The van der Waals surface area contributed by atoms with Crippen molar-refractivity contribution in [3.05, 3.63) is 58.3 Å². The molecule has 1 aromatic rings. The normalized spacial score (nSPS) is 31.5. The van der Waals surface area contributed by atoms with Gasteiger partial charge in [0.05, 0.1) is 6.54 Å². The molecule has 4 heteroatoms. The molecule has 160 valence electrons. The third kappa shape index (κ3) is 3.66. The van der Waals surface area contributed by atoms with Crippen LogP contribution in [-0.2, 0) is 16.1 Å². The van der Waals surface area contributed by atoms with Crippen molar-refractivity contribution in [2.45, 2.75) is 65.8 Å². The van der Waals surface area contributed by atoms with Gasteiger partial charge in [-0.15, -0.1) is 0 Å². The number of nitrogens with zero attached hydrogens (tertiary/aromatic N) is 1. The molecule has 1 saturated carbocycles. The number of carbonyl (C=O) groups excluding carboxylic acids is 2. The first-order chi connectivity index (χ1) is 14.3. The van der Waals surface area contributed by atoms with Crippen LogP contribution in [0.4, 0.5) is 0 Å². The molecule has 30 heavy (non-hydrogen) atoms. The van der Waals surface area contributed by atoms with E-state index in [9.17, 15) is 9.59 Å². The zero-order valence-electron chi connectivity index (χ0n) is 18.3. The van der Waals surface area contributed by atoms with Gasteiger partial charge >= 0.3 is 0 Å². The highest BCUT2D eigenvalue weighted by Gasteiger charge is 2.53.